The third-order valence-electron chi connectivity index (χ3n) is 11.2. The molecule has 3 rings (SSSR count). The Bertz CT molecular complexity index is 1770. The Balaban J connectivity index is 1.95. The van der Waals surface area contributed by atoms with Crippen molar-refractivity contribution in [1.82, 2.24) is 9.13 Å². The minimum absolute atomic E-state index is 0.0445. The maximum Gasteiger partial charge on any atom is 0.333 e. The number of carbonyl (C=O) groups is 1. The predicted octanol–water partition coefficient (Wildman–Crippen LogP) is 6.38. The summed E-state index contributed by atoms with van der Waals surface area (Å²) < 4.78 is 60.6. The smallest absolute Gasteiger partial charge is 0.333 e. The zero-order chi connectivity index (χ0) is 40.4. The van der Waals surface area contributed by atoms with Gasteiger partial charge >= 0.3 is 5.69 Å². The number of nitrogens with two attached hydrogens (primary N) is 1. The zero-order valence-corrected chi connectivity index (χ0v) is 37.1. The number of rotatable bonds is 17. The molecule has 1 aromatic heterocycles. The summed E-state index contributed by atoms with van der Waals surface area (Å²) in [7, 11) is -9.35. The first-order valence-electron chi connectivity index (χ1n) is 18.7. The Morgan fingerprint density at radius 2 is 1.53 bits per heavy atom. The predicted molar refractivity (Wildman–Crippen MR) is 212 cm³/mol. The maximum absolute atomic E-state index is 14.3. The van der Waals surface area contributed by atoms with Gasteiger partial charge in [0.05, 0.1) is 30.1 Å². The Morgan fingerprint density at radius 1 is 0.962 bits per heavy atom. The zero-order valence-electron chi connectivity index (χ0n) is 34.3. The fourth-order valence-corrected chi connectivity index (χ4v) is 9.50. The second kappa shape index (κ2) is 16.8. The van der Waals surface area contributed by atoms with E-state index in [9.17, 15) is 22.8 Å². The van der Waals surface area contributed by atoms with Crippen molar-refractivity contribution in [1.29, 1.82) is 0 Å². The van der Waals surface area contributed by atoms with Crippen molar-refractivity contribution in [2.24, 2.45) is 5.73 Å². The van der Waals surface area contributed by atoms with E-state index < -0.39 is 62.0 Å². The van der Waals surface area contributed by atoms with E-state index in [1.165, 1.54) is 28.3 Å². The number of allylic oxidation sites excluding steroid dienone is 2. The number of hydrogen-bond acceptors (Lipinski definition) is 11. The summed E-state index contributed by atoms with van der Waals surface area (Å²) >= 11 is 0. The Morgan fingerprint density at radius 3 is 2.06 bits per heavy atom. The summed E-state index contributed by atoms with van der Waals surface area (Å²) in [6, 6.07) is 0. The van der Waals surface area contributed by atoms with Crippen LogP contribution in [0.4, 0.5) is 0 Å². The number of nitrogens with zero attached hydrogens (tertiary/aromatic N) is 2. The molecule has 0 aromatic carbocycles. The van der Waals surface area contributed by atoms with Gasteiger partial charge in [-0.05, 0) is 69.9 Å². The lowest BCUT2D eigenvalue weighted by Gasteiger charge is -2.43. The molecule has 4 atom stereocenters. The molecule has 0 bridgehead atoms. The first-order valence-corrected chi connectivity index (χ1v) is 26.0. The van der Waals surface area contributed by atoms with E-state index in [2.05, 4.69) is 54.6 Å². The minimum atomic E-state index is -4.24. The summed E-state index contributed by atoms with van der Waals surface area (Å²) in [6.07, 6.45) is 4.63. The van der Waals surface area contributed by atoms with Gasteiger partial charge in [-0.25, -0.2) is 8.98 Å². The fourth-order valence-electron chi connectivity index (χ4n) is 5.99. The molecule has 2 unspecified atom stereocenters. The average Bonchev–Trinajstić information content (AvgIpc) is 3.43. The number of carbonyl (C=O) groups excluding carboxylic acids is 1. The second-order valence-electron chi connectivity index (χ2n) is 17.6. The first kappa shape index (κ1) is 45.0. The molecule has 1 saturated heterocycles. The van der Waals surface area contributed by atoms with Gasteiger partial charge in [0, 0.05) is 24.4 Å². The van der Waals surface area contributed by atoms with Crippen LogP contribution in [-0.4, -0.2) is 71.0 Å². The van der Waals surface area contributed by atoms with E-state index in [4.69, 9.17) is 28.2 Å². The molecule has 1 fully saturated rings. The van der Waals surface area contributed by atoms with Gasteiger partial charge in [0.15, 0.2) is 34.2 Å². The van der Waals surface area contributed by atoms with Gasteiger partial charge in [-0.2, -0.15) is 8.42 Å². The van der Waals surface area contributed by atoms with Gasteiger partial charge in [0.2, 0.25) is 0 Å². The lowest BCUT2D eigenvalue weighted by atomic mass is 9.89. The van der Waals surface area contributed by atoms with Crippen molar-refractivity contribution in [3.8, 4) is 0 Å². The topological polar surface area (TPSA) is 167 Å². The first-order chi connectivity index (χ1) is 24.2. The van der Waals surface area contributed by atoms with Crippen molar-refractivity contribution in [3.05, 3.63) is 55.5 Å². The number of ketones is 1. The molecule has 0 radical (unpaired) electrons. The van der Waals surface area contributed by atoms with Crippen LogP contribution in [0, 0.1) is 6.92 Å². The Kier molecular flexibility index (Phi) is 14.3. The monoisotopic (exact) mass is 799 g/mol. The number of aromatic nitrogens is 2. The van der Waals surface area contributed by atoms with E-state index in [0.29, 0.717) is 24.4 Å². The Hall–Kier alpha value is -2.35. The van der Waals surface area contributed by atoms with Crippen LogP contribution in [0.1, 0.15) is 106 Å². The van der Waals surface area contributed by atoms with Crippen molar-refractivity contribution >= 4 is 32.5 Å². The average molecular weight is 800 g/mol. The molecule has 2 aliphatic rings. The highest BCUT2D eigenvalue weighted by molar-refractivity contribution is 7.90. The van der Waals surface area contributed by atoms with Crippen molar-refractivity contribution < 1.29 is 35.7 Å². The highest BCUT2D eigenvalue weighted by atomic mass is 32.2. The van der Waals surface area contributed by atoms with Crippen LogP contribution < -0.4 is 17.0 Å². The maximum atomic E-state index is 14.3. The normalized spacial score (nSPS) is 23.8. The third kappa shape index (κ3) is 10.5. The van der Waals surface area contributed by atoms with Gasteiger partial charge in [-0.15, -0.1) is 0 Å². The van der Waals surface area contributed by atoms with E-state index in [0.717, 1.165) is 37.5 Å². The SMILES string of the molecule is CC(=O)/C=C(\C)OCCCCCCCCn1c(=O)c(C)cn([C@@H]2OC(CO[Si](C)(C)C(C)(C)C)C3(OS(=O)(=O)C=C3N)[C@H]2O[Si](C)(C)C(C)(C)C)c1=O. The number of aryl methyl sites for hydroxylation is 1. The molecule has 2 aliphatic heterocycles. The molecule has 3 heterocycles. The van der Waals surface area contributed by atoms with E-state index in [-0.39, 0.29) is 34.7 Å². The van der Waals surface area contributed by atoms with Crippen LogP contribution in [0.5, 0.6) is 0 Å². The van der Waals surface area contributed by atoms with Crippen LogP contribution in [0.3, 0.4) is 0 Å². The molecular formula is C37H65N3O10SSi2. The molecule has 2 N–H and O–H groups in total. The van der Waals surface area contributed by atoms with E-state index >= 15 is 0 Å². The number of ether oxygens (including phenoxy) is 2. The van der Waals surface area contributed by atoms with Crippen LogP contribution in [-0.2, 0) is 44.0 Å². The lowest BCUT2D eigenvalue weighted by Crippen LogP contribution is -2.59. The summed E-state index contributed by atoms with van der Waals surface area (Å²) in [5.41, 5.74) is 4.05. The Labute approximate surface area is 318 Å². The van der Waals surface area contributed by atoms with Gasteiger partial charge in [0.1, 0.15) is 12.2 Å². The standard InChI is InChI=1S/C37H65N3O10SSi2/c1-26-23-40(34(43)39(32(26)42)20-18-16-14-15-17-19-21-46-28(3)22-27(2)41)33-31(49-53(12,13)36(7,8)9)37(29(38)25-51(44,45)50-37)30(48-33)24-47-52(10,11)35(4,5)6/h22-23,25,30-31,33H,14-21,24,38H2,1-13H3/b28-22+/t30?,31-,33+,37?/m0/s1. The third-order valence-corrected chi connectivity index (χ3v) is 21.2. The molecule has 13 nitrogen and oxygen atoms in total. The number of hydrogen-bond donors (Lipinski definition) is 1. The molecule has 1 spiro atoms. The van der Waals surface area contributed by atoms with Crippen molar-refractivity contribution in [2.75, 3.05) is 13.2 Å². The quantitative estimate of drug-likeness (QED) is 0.0611. The van der Waals surface area contributed by atoms with Crippen LogP contribution in [0.15, 0.2) is 38.7 Å². The molecule has 0 saturated carbocycles. The van der Waals surface area contributed by atoms with Crippen LogP contribution in [0.2, 0.25) is 36.3 Å². The molecule has 0 amide bonds. The van der Waals surface area contributed by atoms with E-state index in [1.54, 1.807) is 13.8 Å². The summed E-state index contributed by atoms with van der Waals surface area (Å²) in [5, 5.41) is 0.419. The second-order valence-corrected chi connectivity index (χ2v) is 28.6. The molecular weight excluding hydrogens is 735 g/mol. The largest absolute Gasteiger partial charge is 0.498 e. The van der Waals surface area contributed by atoms with Gasteiger partial charge in [-0.3, -0.25) is 18.7 Å². The van der Waals surface area contributed by atoms with E-state index in [1.807, 2.05) is 13.1 Å². The molecule has 16 heteroatoms. The highest BCUT2D eigenvalue weighted by Crippen LogP contribution is 2.52. The van der Waals surface area contributed by atoms with Crippen LogP contribution >= 0.6 is 0 Å². The molecule has 53 heavy (non-hydrogen) atoms. The summed E-state index contributed by atoms with van der Waals surface area (Å²) in [5.74, 6) is 0.565. The lowest BCUT2D eigenvalue weighted by molar-refractivity contribution is -0.112. The fraction of sp³-hybridized carbons (Fsp3) is 0.757. The highest BCUT2D eigenvalue weighted by Gasteiger charge is 2.67. The van der Waals surface area contributed by atoms with Crippen molar-refractivity contribution in [2.45, 2.75) is 168 Å². The summed E-state index contributed by atoms with van der Waals surface area (Å²) in [6.45, 7) is 26.3. The minimum Gasteiger partial charge on any atom is -0.498 e. The molecule has 1 aromatic rings. The van der Waals surface area contributed by atoms with Crippen LogP contribution in [0.25, 0.3) is 0 Å². The van der Waals surface area contributed by atoms with Gasteiger partial charge in [-0.1, -0.05) is 67.2 Å². The number of unbranched alkanes of at least 4 members (excludes halogenated alkanes) is 5. The molecule has 302 valence electrons. The van der Waals surface area contributed by atoms with Crippen molar-refractivity contribution in [3.63, 3.8) is 0 Å². The molecule has 0 aliphatic carbocycles. The van der Waals surface area contributed by atoms with Gasteiger partial charge in [0.25, 0.3) is 15.7 Å². The van der Waals surface area contributed by atoms with Gasteiger partial charge < -0.3 is 24.1 Å². The summed E-state index contributed by atoms with van der Waals surface area (Å²) in [4.78, 5) is 38.9.